The summed E-state index contributed by atoms with van der Waals surface area (Å²) in [6.07, 6.45) is -1.75. The molecule has 0 aliphatic rings. The quantitative estimate of drug-likeness (QED) is 0.444. The lowest BCUT2D eigenvalue weighted by molar-refractivity contribution is -0.137. The lowest BCUT2D eigenvalue weighted by atomic mass is 10.2. The topological polar surface area (TPSA) is 101 Å². The van der Waals surface area contributed by atoms with Crippen molar-refractivity contribution in [2.75, 3.05) is 4.72 Å². The second-order valence-electron chi connectivity index (χ2n) is 6.17. The van der Waals surface area contributed by atoms with Crippen molar-refractivity contribution in [3.8, 4) is 0 Å². The van der Waals surface area contributed by atoms with Crippen molar-refractivity contribution in [3.63, 3.8) is 0 Å². The Hall–Kier alpha value is -3.73. The number of aromatic nitrogens is 1. The molecule has 0 saturated heterocycles. The van der Waals surface area contributed by atoms with Crippen LogP contribution in [0.3, 0.4) is 0 Å². The van der Waals surface area contributed by atoms with Crippen LogP contribution in [0.4, 0.5) is 18.9 Å². The van der Waals surface area contributed by atoms with Gasteiger partial charge in [0.25, 0.3) is 15.9 Å². The van der Waals surface area contributed by atoms with Gasteiger partial charge < -0.3 is 0 Å². The number of anilines is 1. The van der Waals surface area contributed by atoms with E-state index in [1.165, 1.54) is 30.5 Å². The minimum atomic E-state index is -4.62. The first-order valence-electron chi connectivity index (χ1n) is 8.70. The molecule has 0 saturated carbocycles. The third kappa shape index (κ3) is 5.89. The summed E-state index contributed by atoms with van der Waals surface area (Å²) in [6.45, 7) is 0. The lowest BCUT2D eigenvalue weighted by Gasteiger charge is -2.12. The highest BCUT2D eigenvalue weighted by atomic mass is 32.2. The zero-order valence-electron chi connectivity index (χ0n) is 15.7. The lowest BCUT2D eigenvalue weighted by Crippen LogP contribution is -2.19. The van der Waals surface area contributed by atoms with Crippen molar-refractivity contribution in [1.29, 1.82) is 0 Å². The number of nitrogens with zero attached hydrogens (tertiary/aromatic N) is 2. The summed E-state index contributed by atoms with van der Waals surface area (Å²) in [4.78, 5) is 15.9. The summed E-state index contributed by atoms with van der Waals surface area (Å²) in [5, 5.41) is 3.75. The molecule has 3 aromatic rings. The number of amides is 1. The SMILES string of the molecule is O=C(NN=Cc1ccccn1)c1cccc(S(=O)(=O)Nc2cccc(C(F)(F)F)c2)c1. The number of halogens is 3. The molecule has 1 amide bonds. The van der Waals surface area contributed by atoms with Gasteiger partial charge in [0.1, 0.15) is 0 Å². The van der Waals surface area contributed by atoms with E-state index in [4.69, 9.17) is 0 Å². The van der Waals surface area contributed by atoms with Crippen molar-refractivity contribution in [2.45, 2.75) is 11.1 Å². The van der Waals surface area contributed by atoms with E-state index in [1.54, 1.807) is 24.4 Å². The molecule has 2 aromatic carbocycles. The Balaban J connectivity index is 1.75. The summed E-state index contributed by atoms with van der Waals surface area (Å²) < 4.78 is 65.7. The number of hydrogen-bond acceptors (Lipinski definition) is 5. The average Bonchev–Trinajstić information content (AvgIpc) is 2.74. The fourth-order valence-corrected chi connectivity index (χ4v) is 3.55. The third-order valence-corrected chi connectivity index (χ3v) is 5.28. The van der Waals surface area contributed by atoms with Gasteiger partial charge in [-0.15, -0.1) is 0 Å². The fraction of sp³-hybridized carbons (Fsp3) is 0.0500. The van der Waals surface area contributed by atoms with Crippen molar-refractivity contribution >= 4 is 27.8 Å². The van der Waals surface area contributed by atoms with Crippen LogP contribution in [0.5, 0.6) is 0 Å². The minimum absolute atomic E-state index is 0.00918. The van der Waals surface area contributed by atoms with Crippen molar-refractivity contribution < 1.29 is 26.4 Å². The molecule has 2 N–H and O–H groups in total. The molecule has 3 rings (SSSR count). The van der Waals surface area contributed by atoms with Crippen LogP contribution in [0.1, 0.15) is 21.6 Å². The molecular weight excluding hydrogens is 433 g/mol. The Bertz CT molecular complexity index is 1210. The predicted molar refractivity (Wildman–Crippen MR) is 108 cm³/mol. The van der Waals surface area contributed by atoms with Crippen LogP contribution in [0, 0.1) is 0 Å². The number of sulfonamides is 1. The van der Waals surface area contributed by atoms with E-state index in [0.717, 1.165) is 18.2 Å². The Morgan fingerprint density at radius 3 is 2.48 bits per heavy atom. The standard InChI is InChI=1S/C20H15F3N4O3S/c21-20(22,23)15-6-4-8-16(12-15)27-31(29,30)18-9-3-5-14(11-18)19(28)26-25-13-17-7-1-2-10-24-17/h1-13,27H,(H,26,28). The summed E-state index contributed by atoms with van der Waals surface area (Å²) in [5.41, 5.74) is 1.49. The highest BCUT2D eigenvalue weighted by molar-refractivity contribution is 7.92. The van der Waals surface area contributed by atoms with Gasteiger partial charge in [0.05, 0.1) is 22.4 Å². The molecule has 0 aliphatic heterocycles. The van der Waals surface area contributed by atoms with Gasteiger partial charge in [-0.05, 0) is 48.5 Å². The molecule has 0 bridgehead atoms. The van der Waals surface area contributed by atoms with Crippen LogP contribution in [-0.2, 0) is 16.2 Å². The van der Waals surface area contributed by atoms with Crippen LogP contribution in [0.25, 0.3) is 0 Å². The second-order valence-corrected chi connectivity index (χ2v) is 7.85. The highest BCUT2D eigenvalue weighted by Crippen LogP contribution is 2.31. The summed E-state index contributed by atoms with van der Waals surface area (Å²) >= 11 is 0. The fourth-order valence-electron chi connectivity index (χ4n) is 2.45. The Morgan fingerprint density at radius 2 is 1.77 bits per heavy atom. The van der Waals surface area contributed by atoms with Crippen molar-refractivity contribution in [1.82, 2.24) is 10.4 Å². The van der Waals surface area contributed by atoms with Crippen LogP contribution < -0.4 is 10.1 Å². The summed E-state index contributed by atoms with van der Waals surface area (Å²) in [7, 11) is -4.24. The first kappa shape index (κ1) is 22.0. The van der Waals surface area contributed by atoms with Crippen molar-refractivity contribution in [3.05, 3.63) is 89.7 Å². The molecule has 0 aliphatic carbocycles. The highest BCUT2D eigenvalue weighted by Gasteiger charge is 2.30. The number of alkyl halides is 3. The van der Waals surface area contributed by atoms with Gasteiger partial charge in [0.15, 0.2) is 0 Å². The van der Waals surface area contributed by atoms with Gasteiger partial charge in [-0.25, -0.2) is 13.8 Å². The van der Waals surface area contributed by atoms with Gasteiger partial charge in [-0.3, -0.25) is 14.5 Å². The first-order valence-corrected chi connectivity index (χ1v) is 10.2. The normalized spacial score (nSPS) is 12.0. The maximum atomic E-state index is 12.8. The Morgan fingerprint density at radius 1 is 1.00 bits per heavy atom. The van der Waals surface area contributed by atoms with E-state index < -0.39 is 27.7 Å². The van der Waals surface area contributed by atoms with Gasteiger partial charge >= 0.3 is 6.18 Å². The van der Waals surface area contributed by atoms with Crippen LogP contribution >= 0.6 is 0 Å². The number of nitrogens with one attached hydrogen (secondary N) is 2. The van der Waals surface area contributed by atoms with E-state index in [9.17, 15) is 26.4 Å². The predicted octanol–water partition coefficient (Wildman–Crippen LogP) is 3.67. The van der Waals surface area contributed by atoms with E-state index in [2.05, 4.69) is 20.2 Å². The van der Waals surface area contributed by atoms with E-state index in [-0.39, 0.29) is 16.1 Å². The Labute approximate surface area is 175 Å². The van der Waals surface area contributed by atoms with E-state index in [1.807, 2.05) is 0 Å². The third-order valence-electron chi connectivity index (χ3n) is 3.90. The Kier molecular flexibility index (Phi) is 6.35. The largest absolute Gasteiger partial charge is 0.416 e. The summed E-state index contributed by atoms with van der Waals surface area (Å²) in [5.74, 6) is -0.678. The molecule has 1 aromatic heterocycles. The molecule has 7 nitrogen and oxygen atoms in total. The number of carbonyl (C=O) groups excluding carboxylic acids is 1. The number of benzene rings is 2. The minimum Gasteiger partial charge on any atom is -0.280 e. The molecule has 0 atom stereocenters. The maximum Gasteiger partial charge on any atom is 0.416 e. The first-order chi connectivity index (χ1) is 14.6. The van der Waals surface area contributed by atoms with Gasteiger partial charge in [-0.2, -0.15) is 18.3 Å². The number of carbonyl (C=O) groups is 1. The van der Waals surface area contributed by atoms with Crippen LogP contribution in [-0.4, -0.2) is 25.5 Å². The smallest absolute Gasteiger partial charge is 0.280 e. The molecule has 31 heavy (non-hydrogen) atoms. The molecule has 0 spiro atoms. The molecule has 0 unspecified atom stereocenters. The number of hydrogen-bond donors (Lipinski definition) is 2. The monoisotopic (exact) mass is 448 g/mol. The van der Waals surface area contributed by atoms with Crippen molar-refractivity contribution in [2.24, 2.45) is 5.10 Å². The van der Waals surface area contributed by atoms with Crippen LogP contribution in [0.15, 0.2) is 82.9 Å². The number of pyridine rings is 1. The molecule has 11 heteroatoms. The second kappa shape index (κ2) is 8.96. The molecule has 1 heterocycles. The number of rotatable bonds is 6. The van der Waals surface area contributed by atoms with Gasteiger partial charge in [0, 0.05) is 17.4 Å². The van der Waals surface area contributed by atoms with Crippen LogP contribution in [0.2, 0.25) is 0 Å². The average molecular weight is 448 g/mol. The molecule has 0 radical (unpaired) electrons. The maximum absolute atomic E-state index is 12.8. The van der Waals surface area contributed by atoms with Gasteiger partial charge in [0.2, 0.25) is 0 Å². The van der Waals surface area contributed by atoms with Gasteiger partial charge in [-0.1, -0.05) is 18.2 Å². The molecule has 0 fully saturated rings. The zero-order valence-corrected chi connectivity index (χ0v) is 16.5. The van der Waals surface area contributed by atoms with E-state index in [0.29, 0.717) is 11.8 Å². The molecular formula is C20H15F3N4O3S. The zero-order chi connectivity index (χ0) is 22.5. The number of hydrazone groups is 1. The summed E-state index contributed by atoms with van der Waals surface area (Å²) in [6, 6.07) is 13.9. The van der Waals surface area contributed by atoms with E-state index >= 15 is 0 Å². The molecule has 160 valence electrons.